The summed E-state index contributed by atoms with van der Waals surface area (Å²) in [6.07, 6.45) is 1.23. The van der Waals surface area contributed by atoms with Crippen LogP contribution in [0.15, 0.2) is 72.8 Å². The normalized spacial score (nSPS) is 21.9. The molecule has 3 aliphatic rings. The molecule has 2 N–H and O–H groups in total. The molecule has 206 valence electrons. The van der Waals surface area contributed by atoms with Crippen molar-refractivity contribution in [3.05, 3.63) is 100 Å². The third-order valence-electron chi connectivity index (χ3n) is 8.39. The first-order valence-electron chi connectivity index (χ1n) is 13.5. The first-order valence-corrected chi connectivity index (χ1v) is 13.9. The van der Waals surface area contributed by atoms with Gasteiger partial charge in [0.1, 0.15) is 18.1 Å². The Morgan fingerprint density at radius 2 is 1.76 bits per heavy atom. The van der Waals surface area contributed by atoms with Crippen molar-refractivity contribution in [3.63, 3.8) is 0 Å². The van der Waals surface area contributed by atoms with Gasteiger partial charge in [-0.3, -0.25) is 14.5 Å². The van der Waals surface area contributed by atoms with E-state index < -0.39 is 41.9 Å². The molecule has 3 atom stereocenters. The largest absolute Gasteiger partial charge is 0.480 e. The minimum absolute atomic E-state index is 0.116. The van der Waals surface area contributed by atoms with Crippen LogP contribution in [0.4, 0.5) is 10.5 Å². The Kier molecular flexibility index (Phi) is 5.86. The van der Waals surface area contributed by atoms with E-state index >= 15 is 0 Å². The second-order valence-corrected chi connectivity index (χ2v) is 11.1. The minimum Gasteiger partial charge on any atom is -0.480 e. The smallest absolute Gasteiger partial charge is 0.332 e. The monoisotopic (exact) mass is 568 g/mol. The Morgan fingerprint density at radius 3 is 2.56 bits per heavy atom. The van der Waals surface area contributed by atoms with Gasteiger partial charge in [-0.05, 0) is 54.3 Å². The van der Waals surface area contributed by atoms with Crippen LogP contribution in [0.2, 0.25) is 5.02 Å². The molecule has 7 rings (SSSR count). The molecule has 0 radical (unpaired) electrons. The minimum atomic E-state index is -1.07. The molecule has 0 saturated carbocycles. The van der Waals surface area contributed by atoms with E-state index in [4.69, 9.17) is 11.6 Å². The summed E-state index contributed by atoms with van der Waals surface area (Å²) in [5.41, 5.74) is 3.71. The molecule has 2 fully saturated rings. The molecular formula is C31H25ClN4O5. The summed E-state index contributed by atoms with van der Waals surface area (Å²) < 4.78 is 0. The van der Waals surface area contributed by atoms with E-state index in [-0.39, 0.29) is 11.3 Å². The third-order valence-corrected chi connectivity index (χ3v) is 8.62. The van der Waals surface area contributed by atoms with Crippen LogP contribution in [-0.4, -0.2) is 62.3 Å². The van der Waals surface area contributed by atoms with Crippen molar-refractivity contribution in [1.29, 1.82) is 0 Å². The maximum Gasteiger partial charge on any atom is 0.332 e. The molecule has 10 heteroatoms. The van der Waals surface area contributed by atoms with Gasteiger partial charge in [0, 0.05) is 34.6 Å². The average Bonchev–Trinajstić information content (AvgIpc) is 3.67. The van der Waals surface area contributed by atoms with Gasteiger partial charge in [-0.2, -0.15) is 0 Å². The molecule has 2 saturated heterocycles. The summed E-state index contributed by atoms with van der Waals surface area (Å²) in [4.78, 5) is 61.3. The van der Waals surface area contributed by atoms with Crippen molar-refractivity contribution in [2.75, 3.05) is 11.4 Å². The number of carbonyl (C=O) groups excluding carboxylic acids is 3. The van der Waals surface area contributed by atoms with Crippen molar-refractivity contribution in [3.8, 4) is 0 Å². The van der Waals surface area contributed by atoms with Crippen LogP contribution >= 0.6 is 11.6 Å². The number of nitrogens with zero attached hydrogens (tertiary/aromatic N) is 3. The molecule has 41 heavy (non-hydrogen) atoms. The summed E-state index contributed by atoms with van der Waals surface area (Å²) >= 11 is 6.38. The van der Waals surface area contributed by atoms with E-state index in [1.54, 1.807) is 35.2 Å². The van der Waals surface area contributed by atoms with Crippen LogP contribution < -0.4 is 4.90 Å². The van der Waals surface area contributed by atoms with Crippen LogP contribution in [0.1, 0.15) is 46.1 Å². The zero-order valence-electron chi connectivity index (χ0n) is 21.8. The number of aromatic amines is 1. The number of urea groups is 1. The highest BCUT2D eigenvalue weighted by Crippen LogP contribution is 2.45. The quantitative estimate of drug-likeness (QED) is 0.337. The molecule has 3 aromatic carbocycles. The Balaban J connectivity index is 1.34. The second-order valence-electron chi connectivity index (χ2n) is 10.6. The van der Waals surface area contributed by atoms with Crippen LogP contribution in [0.5, 0.6) is 0 Å². The Labute approximate surface area is 239 Å². The number of H-pyrrole nitrogens is 1. The number of carboxylic acids is 1. The fourth-order valence-electron chi connectivity index (χ4n) is 6.59. The van der Waals surface area contributed by atoms with Gasteiger partial charge >= 0.3 is 12.0 Å². The van der Waals surface area contributed by atoms with Gasteiger partial charge in [0.25, 0.3) is 11.8 Å². The molecule has 3 aliphatic heterocycles. The lowest BCUT2D eigenvalue weighted by atomic mass is 9.89. The number of anilines is 1. The summed E-state index contributed by atoms with van der Waals surface area (Å²) in [5, 5.41) is 11.1. The van der Waals surface area contributed by atoms with Gasteiger partial charge in [-0.1, -0.05) is 54.1 Å². The van der Waals surface area contributed by atoms with Crippen molar-refractivity contribution >= 4 is 52.0 Å². The molecule has 4 heterocycles. The molecule has 1 unspecified atom stereocenters. The number of amides is 4. The Morgan fingerprint density at radius 1 is 0.976 bits per heavy atom. The molecule has 1 aromatic heterocycles. The molecular weight excluding hydrogens is 544 g/mol. The number of hydrogen-bond acceptors (Lipinski definition) is 4. The van der Waals surface area contributed by atoms with Crippen LogP contribution in [-0.2, 0) is 16.0 Å². The number of aliphatic carboxylic acids is 1. The van der Waals surface area contributed by atoms with Gasteiger partial charge in [0.15, 0.2) is 0 Å². The Hall–Kier alpha value is -4.63. The molecule has 4 aromatic rings. The number of rotatable bonds is 4. The predicted octanol–water partition coefficient (Wildman–Crippen LogP) is 4.99. The lowest BCUT2D eigenvalue weighted by Gasteiger charge is -2.36. The molecule has 9 nitrogen and oxygen atoms in total. The average molecular weight is 569 g/mol. The molecule has 0 spiro atoms. The zero-order chi connectivity index (χ0) is 28.4. The zero-order valence-corrected chi connectivity index (χ0v) is 22.5. The van der Waals surface area contributed by atoms with E-state index in [2.05, 4.69) is 4.98 Å². The highest BCUT2D eigenvalue weighted by Gasteiger charge is 2.54. The second kappa shape index (κ2) is 9.49. The van der Waals surface area contributed by atoms with E-state index in [0.29, 0.717) is 30.8 Å². The van der Waals surface area contributed by atoms with E-state index in [9.17, 15) is 24.3 Å². The highest BCUT2D eigenvalue weighted by atomic mass is 35.5. The number of halogens is 1. The SMILES string of the molecule is O=C(O)[C@@H]1CCCN1C(=O)c1ccccc1N1C(=O)[C@@H]2Cc3c([nH]c4ccccc34)C(c3cccc(Cl)c3)N2C1=O. The standard InChI is InChI=1S/C31H25ClN4O5/c32-18-8-5-7-17(15-18)27-26-21(19-9-1-3-11-22(19)33-26)16-25-29(38)36(31(41)35(25)27)23-12-4-2-10-20(23)28(37)34-14-6-13-24(34)30(39)40/h1-5,7-12,15,24-25,27,33H,6,13-14,16H2,(H,39,40)/t24-,25-,27?/m0/s1. The van der Waals surface area contributed by atoms with Crippen LogP contribution in [0, 0.1) is 0 Å². The molecule has 4 amide bonds. The molecule has 0 aliphatic carbocycles. The van der Waals surface area contributed by atoms with Gasteiger partial charge < -0.3 is 15.0 Å². The predicted molar refractivity (Wildman–Crippen MR) is 152 cm³/mol. The number of aromatic nitrogens is 1. The number of imide groups is 1. The number of fused-ring (bicyclic) bond motifs is 4. The van der Waals surface area contributed by atoms with Crippen molar-refractivity contribution < 1.29 is 24.3 Å². The van der Waals surface area contributed by atoms with Gasteiger partial charge in [-0.25, -0.2) is 14.5 Å². The number of carbonyl (C=O) groups is 4. The van der Waals surface area contributed by atoms with Crippen LogP contribution in [0.25, 0.3) is 10.9 Å². The summed E-state index contributed by atoms with van der Waals surface area (Å²) in [6.45, 7) is 0.291. The highest BCUT2D eigenvalue weighted by molar-refractivity contribution is 6.30. The maximum atomic E-state index is 14.3. The maximum absolute atomic E-state index is 14.3. The lowest BCUT2D eigenvalue weighted by molar-refractivity contribution is -0.141. The number of likely N-dealkylation sites (tertiary alicyclic amines) is 1. The van der Waals surface area contributed by atoms with Crippen molar-refractivity contribution in [1.82, 2.24) is 14.8 Å². The fraction of sp³-hybridized carbons (Fsp3) is 0.226. The number of hydrogen-bond donors (Lipinski definition) is 2. The van der Waals surface area contributed by atoms with Crippen LogP contribution in [0.3, 0.4) is 0 Å². The van der Waals surface area contributed by atoms with Gasteiger partial charge in [0.2, 0.25) is 0 Å². The first kappa shape index (κ1) is 25.3. The Bertz CT molecular complexity index is 1770. The number of benzene rings is 3. The summed E-state index contributed by atoms with van der Waals surface area (Å²) in [5.74, 6) is -2.02. The van der Waals surface area contributed by atoms with E-state index in [0.717, 1.165) is 32.6 Å². The lowest BCUT2D eigenvalue weighted by Crippen LogP contribution is -2.44. The number of para-hydroxylation sites is 2. The van der Waals surface area contributed by atoms with Crippen molar-refractivity contribution in [2.24, 2.45) is 0 Å². The third kappa shape index (κ3) is 3.83. The fourth-order valence-corrected chi connectivity index (χ4v) is 6.79. The number of carboxylic acid groups (broad SMARTS) is 1. The molecule has 0 bridgehead atoms. The first-order chi connectivity index (χ1) is 19.8. The number of nitrogens with one attached hydrogen (secondary N) is 1. The summed E-state index contributed by atoms with van der Waals surface area (Å²) in [6, 6.07) is 18.6. The van der Waals surface area contributed by atoms with Gasteiger partial charge in [-0.15, -0.1) is 0 Å². The van der Waals surface area contributed by atoms with E-state index in [1.165, 1.54) is 11.0 Å². The van der Waals surface area contributed by atoms with Crippen molar-refractivity contribution in [2.45, 2.75) is 37.4 Å². The summed E-state index contributed by atoms with van der Waals surface area (Å²) in [7, 11) is 0. The van der Waals surface area contributed by atoms with E-state index in [1.807, 2.05) is 36.4 Å². The topological polar surface area (TPSA) is 114 Å². The van der Waals surface area contributed by atoms with Gasteiger partial charge in [0.05, 0.1) is 11.3 Å².